The zero-order valence-corrected chi connectivity index (χ0v) is 6.97. The molecule has 0 amide bonds. The lowest BCUT2D eigenvalue weighted by Gasteiger charge is -2.12. The molecule has 1 aliphatic rings. The van der Waals surface area contributed by atoms with E-state index in [1.165, 1.54) is 0 Å². The van der Waals surface area contributed by atoms with Crippen molar-refractivity contribution in [3.8, 4) is 0 Å². The van der Waals surface area contributed by atoms with Crippen LogP contribution in [0.25, 0.3) is 0 Å². The third-order valence-electron chi connectivity index (χ3n) is 1.52. The Morgan fingerprint density at radius 2 is 2.00 bits per heavy atom. The molecule has 0 N–H and O–H groups in total. The second kappa shape index (κ2) is 4.24. The number of hydrogen-bond acceptors (Lipinski definition) is 1. The van der Waals surface area contributed by atoms with Gasteiger partial charge in [0.05, 0.1) is 0 Å². The van der Waals surface area contributed by atoms with Gasteiger partial charge in [-0.1, -0.05) is 24.3 Å². The molecule has 0 heterocycles. The zero-order valence-electron chi connectivity index (χ0n) is 6.22. The highest BCUT2D eigenvalue weighted by molar-refractivity contribution is 6.17. The summed E-state index contributed by atoms with van der Waals surface area (Å²) in [7, 11) is 0. The van der Waals surface area contributed by atoms with Gasteiger partial charge in [-0.05, 0) is 18.4 Å². The highest BCUT2D eigenvalue weighted by Gasteiger charge is 1.93. The molecule has 1 rings (SSSR count). The minimum atomic E-state index is 0.190. The maximum atomic E-state index is 11.2. The fourth-order valence-corrected chi connectivity index (χ4v) is 1.07. The van der Waals surface area contributed by atoms with Gasteiger partial charge in [-0.2, -0.15) is 0 Å². The summed E-state index contributed by atoms with van der Waals surface area (Å²) in [5.74, 6) is 0.752. The fourth-order valence-electron chi connectivity index (χ4n) is 0.932. The predicted molar refractivity (Wildman–Crippen MR) is 45.3 cm³/mol. The lowest BCUT2D eigenvalue weighted by atomic mass is 10.2. The summed E-state index contributed by atoms with van der Waals surface area (Å²) in [6, 6.07) is 0. The van der Waals surface area contributed by atoms with E-state index in [0.29, 0.717) is 12.3 Å². The molecule has 0 spiro atoms. The van der Waals surface area contributed by atoms with Gasteiger partial charge < -0.3 is 5.11 Å². The Kier molecular flexibility index (Phi) is 3.24. The summed E-state index contributed by atoms with van der Waals surface area (Å²) in [4.78, 5) is 0. The number of allylic oxidation sites excluding steroid dienone is 6. The van der Waals surface area contributed by atoms with Gasteiger partial charge in [0.2, 0.25) is 0 Å². The van der Waals surface area contributed by atoms with Crippen molar-refractivity contribution in [3.63, 3.8) is 0 Å². The van der Waals surface area contributed by atoms with E-state index in [4.69, 9.17) is 11.6 Å². The van der Waals surface area contributed by atoms with Crippen LogP contribution in [-0.4, -0.2) is 5.88 Å². The topological polar surface area (TPSA) is 23.1 Å². The van der Waals surface area contributed by atoms with E-state index in [2.05, 4.69) is 0 Å². The molecule has 0 bridgehead atoms. The number of hydrogen-bond donors (Lipinski definition) is 0. The maximum absolute atomic E-state index is 11.2. The van der Waals surface area contributed by atoms with E-state index >= 15 is 0 Å². The smallest absolute Gasteiger partial charge is 0.0226 e. The Bertz CT molecular complexity index is 200. The van der Waals surface area contributed by atoms with Crippen molar-refractivity contribution in [2.45, 2.75) is 12.8 Å². The summed E-state index contributed by atoms with van der Waals surface area (Å²) in [6.45, 7) is 0. The first-order valence-corrected chi connectivity index (χ1v) is 4.19. The molecule has 1 aliphatic carbocycles. The molecular weight excluding hydrogens is 160 g/mol. The molecule has 0 aromatic rings. The van der Waals surface area contributed by atoms with Gasteiger partial charge in [0, 0.05) is 5.88 Å². The zero-order chi connectivity index (χ0) is 8.10. The minimum absolute atomic E-state index is 0.190. The average Bonchev–Trinajstić information content (AvgIpc) is 2.52. The maximum Gasteiger partial charge on any atom is 0.0226 e. The first kappa shape index (κ1) is 8.41. The second-order valence-corrected chi connectivity index (χ2v) is 2.77. The van der Waals surface area contributed by atoms with Crippen LogP contribution in [0.3, 0.4) is 0 Å². The number of halogens is 1. The average molecular weight is 170 g/mol. The van der Waals surface area contributed by atoms with E-state index in [-0.39, 0.29) is 5.76 Å². The largest absolute Gasteiger partial charge is 0.875 e. The van der Waals surface area contributed by atoms with Crippen molar-refractivity contribution in [2.24, 2.45) is 0 Å². The van der Waals surface area contributed by atoms with Crippen LogP contribution in [0.4, 0.5) is 0 Å². The molecule has 1 nitrogen and oxygen atoms in total. The Labute approximate surface area is 71.7 Å². The highest BCUT2D eigenvalue weighted by atomic mass is 35.5. The Balaban J connectivity index is 2.50. The molecule has 11 heavy (non-hydrogen) atoms. The SMILES string of the molecule is [O-]C(CCCCl)=C1C=CC=C1. The molecule has 0 saturated carbocycles. The normalized spacial score (nSPS) is 14.5. The van der Waals surface area contributed by atoms with E-state index in [9.17, 15) is 5.11 Å². The second-order valence-electron chi connectivity index (χ2n) is 2.39. The van der Waals surface area contributed by atoms with Crippen molar-refractivity contribution < 1.29 is 5.11 Å². The van der Waals surface area contributed by atoms with Crippen LogP contribution in [0.2, 0.25) is 0 Å². The third-order valence-corrected chi connectivity index (χ3v) is 1.79. The van der Waals surface area contributed by atoms with Crippen LogP contribution < -0.4 is 5.11 Å². The van der Waals surface area contributed by atoms with Crippen LogP contribution in [0.1, 0.15) is 12.8 Å². The first-order chi connectivity index (χ1) is 5.34. The highest BCUT2D eigenvalue weighted by Crippen LogP contribution is 2.13. The van der Waals surface area contributed by atoms with Crippen LogP contribution in [0.5, 0.6) is 0 Å². The third kappa shape index (κ3) is 2.43. The Morgan fingerprint density at radius 1 is 1.36 bits per heavy atom. The molecule has 0 radical (unpaired) electrons. The summed E-state index contributed by atoms with van der Waals surface area (Å²) < 4.78 is 0. The molecule has 0 atom stereocenters. The van der Waals surface area contributed by atoms with E-state index in [0.717, 1.165) is 12.0 Å². The molecular formula is C9H10ClO-. The van der Waals surface area contributed by atoms with Crippen LogP contribution in [-0.2, 0) is 0 Å². The molecule has 0 fully saturated rings. The summed E-state index contributed by atoms with van der Waals surface area (Å²) in [5.41, 5.74) is 0.801. The van der Waals surface area contributed by atoms with Gasteiger partial charge in [0.15, 0.2) is 0 Å². The minimum Gasteiger partial charge on any atom is -0.875 e. The summed E-state index contributed by atoms with van der Waals surface area (Å²) in [5, 5.41) is 11.2. The van der Waals surface area contributed by atoms with Crippen LogP contribution >= 0.6 is 11.6 Å². The van der Waals surface area contributed by atoms with E-state index in [1.807, 2.05) is 24.3 Å². The lowest BCUT2D eigenvalue weighted by Crippen LogP contribution is -2.05. The van der Waals surface area contributed by atoms with E-state index < -0.39 is 0 Å². The van der Waals surface area contributed by atoms with Gasteiger partial charge >= 0.3 is 0 Å². The van der Waals surface area contributed by atoms with Crippen molar-refractivity contribution in [2.75, 3.05) is 5.88 Å². The lowest BCUT2D eigenvalue weighted by molar-refractivity contribution is -0.307. The van der Waals surface area contributed by atoms with Crippen molar-refractivity contribution >= 4 is 11.6 Å². The molecule has 2 heteroatoms. The van der Waals surface area contributed by atoms with Crippen molar-refractivity contribution in [1.82, 2.24) is 0 Å². The van der Waals surface area contributed by atoms with Crippen LogP contribution in [0, 0.1) is 0 Å². The summed E-state index contributed by atoms with van der Waals surface area (Å²) in [6.07, 6.45) is 8.73. The van der Waals surface area contributed by atoms with Crippen LogP contribution in [0.15, 0.2) is 35.6 Å². The molecule has 0 aromatic heterocycles. The Morgan fingerprint density at radius 3 is 2.55 bits per heavy atom. The van der Waals surface area contributed by atoms with E-state index in [1.54, 1.807) is 0 Å². The monoisotopic (exact) mass is 169 g/mol. The number of alkyl halides is 1. The molecule has 0 aromatic carbocycles. The molecule has 0 aliphatic heterocycles. The van der Waals surface area contributed by atoms with Gasteiger partial charge in [0.1, 0.15) is 0 Å². The molecule has 60 valence electrons. The van der Waals surface area contributed by atoms with Gasteiger partial charge in [-0.15, -0.1) is 17.4 Å². The van der Waals surface area contributed by atoms with Gasteiger partial charge in [-0.3, -0.25) is 0 Å². The summed E-state index contributed by atoms with van der Waals surface area (Å²) >= 11 is 5.45. The van der Waals surface area contributed by atoms with Crippen molar-refractivity contribution in [3.05, 3.63) is 35.6 Å². The quantitative estimate of drug-likeness (QED) is 0.466. The number of rotatable bonds is 3. The fraction of sp³-hybridized carbons (Fsp3) is 0.333. The molecule has 0 saturated heterocycles. The predicted octanol–water partition coefficient (Wildman–Crippen LogP) is 1.75. The first-order valence-electron chi connectivity index (χ1n) is 3.65. The standard InChI is InChI=1S/C9H11ClO/c10-7-3-6-9(11)8-4-1-2-5-8/h1-2,4-5,11H,3,6-7H2/p-1. The van der Waals surface area contributed by atoms with Gasteiger partial charge in [0.25, 0.3) is 0 Å². The molecule has 0 unspecified atom stereocenters. The van der Waals surface area contributed by atoms with Gasteiger partial charge in [-0.25, -0.2) is 0 Å². The Hall–Kier alpha value is -0.690. The van der Waals surface area contributed by atoms with Crippen molar-refractivity contribution in [1.29, 1.82) is 0 Å².